The molecule has 0 N–H and O–H groups in total. The maximum atomic E-state index is 2.45. The zero-order valence-corrected chi connectivity index (χ0v) is 14.0. The maximum absolute atomic E-state index is 2.45. The van der Waals surface area contributed by atoms with Crippen LogP contribution in [0.5, 0.6) is 0 Å². The first kappa shape index (κ1) is 21.2. The Morgan fingerprint density at radius 1 is 0.526 bits per heavy atom. The van der Waals surface area contributed by atoms with Crippen molar-refractivity contribution in [1.29, 1.82) is 0 Å². The van der Waals surface area contributed by atoms with E-state index in [4.69, 9.17) is 0 Å². The van der Waals surface area contributed by atoms with Gasteiger partial charge in [-0.15, -0.1) is 0 Å². The molecule has 0 fully saturated rings. The third-order valence-corrected chi connectivity index (χ3v) is 4.08. The molecule has 0 aromatic rings. The van der Waals surface area contributed by atoms with Gasteiger partial charge < -0.3 is 9.19 Å². The molecule has 0 bridgehead atoms. The van der Waals surface area contributed by atoms with Crippen molar-refractivity contribution in [1.82, 2.24) is 0 Å². The molecule has 0 spiro atoms. The van der Waals surface area contributed by atoms with Gasteiger partial charge in [-0.3, -0.25) is 0 Å². The second kappa shape index (κ2) is 14.3. The normalized spacial score (nSPS) is 11.4. The topological polar surface area (TPSA) is 0 Å². The molecule has 0 heterocycles. The van der Waals surface area contributed by atoms with Crippen LogP contribution in [0.15, 0.2) is 0 Å². The van der Waals surface area contributed by atoms with E-state index in [0.29, 0.717) is 0 Å². The van der Waals surface area contributed by atoms with E-state index >= 15 is 0 Å². The largest absolute Gasteiger partial charge is 1.00 e. The predicted octanol–water partition coefficient (Wildman–Crippen LogP) is 2.40. The van der Waals surface area contributed by atoms with Gasteiger partial charge in [-0.1, -0.05) is 59.3 Å². The number of hydrogen-bond donors (Lipinski definition) is 0. The van der Waals surface area contributed by atoms with Crippen LogP contribution in [0, 0.1) is 0 Å². The summed E-state index contributed by atoms with van der Waals surface area (Å²) in [4.78, 5) is 0. The first-order valence-corrected chi connectivity index (χ1v) is 8.52. The van der Waals surface area contributed by atoms with E-state index in [1.54, 1.807) is 0 Å². The Kier molecular flexibility index (Phi) is 16.0. The summed E-state index contributed by atoms with van der Waals surface area (Å²) >= 11 is 0. The van der Waals surface area contributed by atoms with Crippen molar-refractivity contribution < 1.29 is 9.19 Å². The van der Waals surface area contributed by atoms with E-state index in [1.807, 2.05) is 0 Å². The van der Waals surface area contributed by atoms with E-state index in [0.717, 1.165) is 0 Å². The van der Waals surface area contributed by atoms with Crippen molar-refractivity contribution in [3.63, 3.8) is 0 Å². The molecular weight excluding hydrogens is 237 g/mol. The Morgan fingerprint density at radius 3 is 1.37 bits per heavy atom. The predicted molar refractivity (Wildman–Crippen MR) is 84.0 cm³/mol. The zero-order chi connectivity index (χ0) is 13.7. The van der Waals surface area contributed by atoms with Crippen LogP contribution < -0.4 is 4.70 Å². The lowest BCUT2D eigenvalue weighted by Crippen LogP contribution is -3.00. The molecular formula is C17H38FN. The molecule has 0 atom stereocenters. The summed E-state index contributed by atoms with van der Waals surface area (Å²) < 4.78 is 1.31. The van der Waals surface area contributed by atoms with E-state index in [9.17, 15) is 0 Å². The van der Waals surface area contributed by atoms with Gasteiger partial charge in [-0.05, 0) is 25.7 Å². The van der Waals surface area contributed by atoms with E-state index in [-0.39, 0.29) is 4.70 Å². The Hall–Kier alpha value is -0.110. The highest BCUT2D eigenvalue weighted by atomic mass is 19.0. The summed E-state index contributed by atoms with van der Waals surface area (Å²) in [6.45, 7) is 11.1. The Morgan fingerprint density at radius 2 is 0.947 bits per heavy atom. The Labute approximate surface area is 121 Å². The highest BCUT2D eigenvalue weighted by Gasteiger charge is 2.18. The molecule has 0 aromatic heterocycles. The zero-order valence-electron chi connectivity index (χ0n) is 14.0. The fraction of sp³-hybridized carbons (Fsp3) is 1.00. The van der Waals surface area contributed by atoms with Crippen LogP contribution in [-0.4, -0.2) is 31.2 Å². The minimum Gasteiger partial charge on any atom is -1.00 e. The van der Waals surface area contributed by atoms with Crippen molar-refractivity contribution in [3.05, 3.63) is 0 Å². The lowest BCUT2D eigenvalue weighted by molar-refractivity contribution is -0.909. The summed E-state index contributed by atoms with van der Waals surface area (Å²) in [7, 11) is 2.45. The second-order valence-electron chi connectivity index (χ2n) is 6.27. The van der Waals surface area contributed by atoms with E-state index in [1.165, 1.54) is 88.3 Å². The third-order valence-electron chi connectivity index (χ3n) is 4.08. The number of unbranched alkanes of at least 4 members (excludes halogenated alkanes) is 7. The molecule has 0 radical (unpaired) electrons. The lowest BCUT2D eigenvalue weighted by Gasteiger charge is -2.34. The van der Waals surface area contributed by atoms with Crippen molar-refractivity contribution in [2.24, 2.45) is 0 Å². The first-order valence-electron chi connectivity index (χ1n) is 8.52. The van der Waals surface area contributed by atoms with Gasteiger partial charge in [-0.25, -0.2) is 0 Å². The fourth-order valence-electron chi connectivity index (χ4n) is 3.04. The van der Waals surface area contributed by atoms with Gasteiger partial charge in [-0.2, -0.15) is 0 Å². The molecule has 0 aliphatic carbocycles. The molecule has 0 saturated heterocycles. The number of hydrogen-bond acceptors (Lipinski definition) is 0. The smallest absolute Gasteiger partial charge is 0.0784 e. The van der Waals surface area contributed by atoms with Crippen LogP contribution in [0.4, 0.5) is 0 Å². The first-order chi connectivity index (χ1) is 8.68. The van der Waals surface area contributed by atoms with Crippen LogP contribution >= 0.6 is 0 Å². The van der Waals surface area contributed by atoms with Crippen molar-refractivity contribution in [2.45, 2.75) is 85.0 Å². The van der Waals surface area contributed by atoms with Gasteiger partial charge >= 0.3 is 0 Å². The second-order valence-corrected chi connectivity index (χ2v) is 6.27. The molecule has 0 amide bonds. The molecule has 19 heavy (non-hydrogen) atoms. The van der Waals surface area contributed by atoms with Crippen molar-refractivity contribution >= 4 is 0 Å². The molecule has 118 valence electrons. The van der Waals surface area contributed by atoms with E-state index < -0.39 is 0 Å². The highest BCUT2D eigenvalue weighted by molar-refractivity contribution is 4.47. The van der Waals surface area contributed by atoms with Crippen LogP contribution in [0.25, 0.3) is 0 Å². The number of nitrogens with zero attached hydrogens (tertiary/aromatic N) is 1. The van der Waals surface area contributed by atoms with Crippen LogP contribution in [0.3, 0.4) is 0 Å². The third kappa shape index (κ3) is 12.7. The molecule has 2 heteroatoms. The van der Waals surface area contributed by atoms with Gasteiger partial charge in [0, 0.05) is 0 Å². The molecule has 0 aliphatic heterocycles. The fourth-order valence-corrected chi connectivity index (χ4v) is 3.04. The molecule has 0 unspecified atom stereocenters. The highest BCUT2D eigenvalue weighted by Crippen LogP contribution is 2.12. The van der Waals surface area contributed by atoms with Gasteiger partial charge in [0.05, 0.1) is 26.7 Å². The monoisotopic (exact) mass is 275 g/mol. The average molecular weight is 275 g/mol. The van der Waals surface area contributed by atoms with Gasteiger partial charge in [0.1, 0.15) is 0 Å². The summed E-state index contributed by atoms with van der Waals surface area (Å²) in [5, 5.41) is 0. The average Bonchev–Trinajstić information content (AvgIpc) is 2.33. The summed E-state index contributed by atoms with van der Waals surface area (Å²) in [5.74, 6) is 0. The van der Waals surface area contributed by atoms with Crippen molar-refractivity contribution in [3.8, 4) is 0 Å². The van der Waals surface area contributed by atoms with Gasteiger partial charge in [0.2, 0.25) is 0 Å². The maximum Gasteiger partial charge on any atom is 0.0784 e. The Balaban J connectivity index is 0. The summed E-state index contributed by atoms with van der Waals surface area (Å²) in [6.07, 6.45) is 14.2. The minimum absolute atomic E-state index is 0. The van der Waals surface area contributed by atoms with Gasteiger partial charge in [0.25, 0.3) is 0 Å². The Bertz CT molecular complexity index is 165. The van der Waals surface area contributed by atoms with E-state index in [2.05, 4.69) is 27.8 Å². The molecule has 0 rings (SSSR count). The van der Waals surface area contributed by atoms with Crippen molar-refractivity contribution in [2.75, 3.05) is 26.7 Å². The summed E-state index contributed by atoms with van der Waals surface area (Å²) in [6, 6.07) is 0. The lowest BCUT2D eigenvalue weighted by atomic mass is 10.1. The molecule has 1 nitrogen and oxygen atoms in total. The standard InChI is InChI=1S/C17H38N.FH/c1-5-8-9-10-11-12-13-14-17-18(4,15-6-2)16-7-3;/h5-17H2,1-4H3;1H/q+1;/p-1. The SMILES string of the molecule is CCCCCCCCCC[N+](C)(CCC)CCC.[F-]. The number of rotatable bonds is 13. The van der Waals surface area contributed by atoms with Crippen LogP contribution in [0.2, 0.25) is 0 Å². The quantitative estimate of drug-likeness (QED) is 0.358. The summed E-state index contributed by atoms with van der Waals surface area (Å²) in [5.41, 5.74) is 0. The molecule has 0 saturated carbocycles. The number of quaternary nitrogens is 1. The number of halogens is 1. The molecule has 0 aliphatic rings. The van der Waals surface area contributed by atoms with Gasteiger partial charge in [0.15, 0.2) is 0 Å². The minimum atomic E-state index is 0. The van der Waals surface area contributed by atoms with Crippen LogP contribution in [0.1, 0.15) is 85.0 Å². The molecule has 0 aromatic carbocycles. The van der Waals surface area contributed by atoms with Crippen LogP contribution in [-0.2, 0) is 0 Å².